The predicted molar refractivity (Wildman–Crippen MR) is 135 cm³/mol. The number of ether oxygens (including phenoxy) is 2. The van der Waals surface area contributed by atoms with Gasteiger partial charge in [0.2, 0.25) is 0 Å². The average Bonchev–Trinajstić information content (AvgIpc) is 3.09. The fourth-order valence-corrected chi connectivity index (χ4v) is 4.71. The van der Waals surface area contributed by atoms with E-state index in [1.807, 2.05) is 36.4 Å². The summed E-state index contributed by atoms with van der Waals surface area (Å²) in [6.07, 6.45) is 1.70. The van der Waals surface area contributed by atoms with Crippen molar-refractivity contribution in [1.82, 2.24) is 4.90 Å². The zero-order valence-electron chi connectivity index (χ0n) is 17.5. The number of rotatable bonds is 6. The smallest absolute Gasteiger partial charge is 0.343 e. The second-order valence-electron chi connectivity index (χ2n) is 7.04. The van der Waals surface area contributed by atoms with Crippen LogP contribution in [0.15, 0.2) is 77.7 Å². The van der Waals surface area contributed by atoms with Gasteiger partial charge in [-0.15, -0.1) is 0 Å². The lowest BCUT2D eigenvalue weighted by Gasteiger charge is -2.14. The SMILES string of the molecule is COc1cc(C=C2SC(=S)N(Cc3ccccc3)C2=O)cc(Cl)c1OC(=O)c1ccccc1. The number of carbonyl (C=O) groups is 2. The first-order valence-corrected chi connectivity index (χ1v) is 11.5. The first-order valence-electron chi connectivity index (χ1n) is 9.90. The molecule has 4 rings (SSSR count). The molecule has 0 saturated carbocycles. The molecule has 1 heterocycles. The van der Waals surface area contributed by atoms with Crippen LogP contribution >= 0.6 is 35.6 Å². The second-order valence-corrected chi connectivity index (χ2v) is 9.13. The Labute approximate surface area is 205 Å². The van der Waals surface area contributed by atoms with Gasteiger partial charge in [-0.1, -0.05) is 84.1 Å². The standard InChI is InChI=1S/C25H18ClNO4S2/c1-30-20-13-17(12-19(26)22(20)31-24(29)18-10-6-3-7-11-18)14-21-23(28)27(25(32)33-21)15-16-8-4-2-5-9-16/h2-14H,15H2,1H3. The number of hydrogen-bond donors (Lipinski definition) is 0. The molecule has 3 aromatic carbocycles. The highest BCUT2D eigenvalue weighted by Crippen LogP contribution is 2.39. The van der Waals surface area contributed by atoms with Gasteiger partial charge in [0, 0.05) is 0 Å². The van der Waals surface area contributed by atoms with Gasteiger partial charge in [-0.2, -0.15) is 0 Å². The monoisotopic (exact) mass is 495 g/mol. The van der Waals surface area contributed by atoms with E-state index in [0.717, 1.165) is 5.56 Å². The summed E-state index contributed by atoms with van der Waals surface area (Å²) in [5.41, 5.74) is 2.00. The Morgan fingerprint density at radius 3 is 2.42 bits per heavy atom. The maximum absolute atomic E-state index is 12.9. The molecular formula is C25H18ClNO4S2. The number of amides is 1. The fraction of sp³-hybridized carbons (Fsp3) is 0.0800. The van der Waals surface area contributed by atoms with Crippen molar-refractivity contribution in [3.8, 4) is 11.5 Å². The van der Waals surface area contributed by atoms with Crippen molar-refractivity contribution in [2.45, 2.75) is 6.54 Å². The van der Waals surface area contributed by atoms with Gasteiger partial charge >= 0.3 is 5.97 Å². The van der Waals surface area contributed by atoms with Gasteiger partial charge in [-0.25, -0.2) is 4.79 Å². The van der Waals surface area contributed by atoms with Crippen LogP contribution in [0.5, 0.6) is 11.5 Å². The Hall–Kier alpha value is -3.13. The summed E-state index contributed by atoms with van der Waals surface area (Å²) in [6, 6.07) is 21.5. The average molecular weight is 496 g/mol. The van der Waals surface area contributed by atoms with Crippen LogP contribution in [0.25, 0.3) is 6.08 Å². The minimum absolute atomic E-state index is 0.113. The maximum atomic E-state index is 12.9. The number of hydrogen-bond acceptors (Lipinski definition) is 6. The molecule has 1 saturated heterocycles. The molecule has 33 heavy (non-hydrogen) atoms. The fourth-order valence-electron chi connectivity index (χ4n) is 3.20. The van der Waals surface area contributed by atoms with Crippen LogP contribution in [0.4, 0.5) is 0 Å². The van der Waals surface area contributed by atoms with Gasteiger partial charge in [0.15, 0.2) is 11.5 Å². The number of benzene rings is 3. The first-order chi connectivity index (χ1) is 16.0. The van der Waals surface area contributed by atoms with Crippen molar-refractivity contribution in [3.05, 3.63) is 99.4 Å². The van der Waals surface area contributed by atoms with E-state index in [1.54, 1.807) is 47.4 Å². The zero-order valence-corrected chi connectivity index (χ0v) is 19.9. The van der Waals surface area contributed by atoms with Crippen LogP contribution in [0.1, 0.15) is 21.5 Å². The third-order valence-electron chi connectivity index (χ3n) is 4.81. The number of halogens is 1. The number of nitrogens with zero attached hydrogens (tertiary/aromatic N) is 1. The Bertz CT molecular complexity index is 1250. The molecule has 0 aromatic heterocycles. The van der Waals surface area contributed by atoms with E-state index in [9.17, 15) is 9.59 Å². The highest BCUT2D eigenvalue weighted by Gasteiger charge is 2.32. The number of thioether (sulfide) groups is 1. The van der Waals surface area contributed by atoms with Crippen LogP contribution in [0, 0.1) is 0 Å². The second kappa shape index (κ2) is 10.2. The Kier molecular flexibility index (Phi) is 7.13. The molecule has 1 fully saturated rings. The van der Waals surface area contributed by atoms with Crippen molar-refractivity contribution < 1.29 is 19.1 Å². The molecule has 1 aliphatic heterocycles. The van der Waals surface area contributed by atoms with E-state index in [2.05, 4.69) is 0 Å². The molecule has 1 aliphatic rings. The van der Waals surface area contributed by atoms with Crippen LogP contribution in [-0.4, -0.2) is 28.2 Å². The van der Waals surface area contributed by atoms with Gasteiger partial charge in [0.1, 0.15) is 4.32 Å². The first kappa shape index (κ1) is 23.0. The summed E-state index contributed by atoms with van der Waals surface area (Å²) in [5, 5.41) is 0.185. The van der Waals surface area contributed by atoms with Gasteiger partial charge in [-0.05, 0) is 41.5 Å². The quantitative estimate of drug-likeness (QED) is 0.182. The number of methoxy groups -OCH3 is 1. The highest BCUT2D eigenvalue weighted by molar-refractivity contribution is 8.26. The summed E-state index contributed by atoms with van der Waals surface area (Å²) < 4.78 is 11.4. The van der Waals surface area contributed by atoms with Crippen LogP contribution in [-0.2, 0) is 11.3 Å². The lowest BCUT2D eigenvalue weighted by atomic mass is 10.1. The largest absolute Gasteiger partial charge is 0.493 e. The van der Waals surface area contributed by atoms with Crippen molar-refractivity contribution >= 4 is 57.9 Å². The minimum atomic E-state index is -0.551. The molecule has 5 nitrogen and oxygen atoms in total. The van der Waals surface area contributed by atoms with E-state index < -0.39 is 5.97 Å². The minimum Gasteiger partial charge on any atom is -0.493 e. The molecule has 0 radical (unpaired) electrons. The molecule has 0 atom stereocenters. The van der Waals surface area contributed by atoms with Crippen molar-refractivity contribution in [2.24, 2.45) is 0 Å². The lowest BCUT2D eigenvalue weighted by molar-refractivity contribution is -0.122. The third-order valence-corrected chi connectivity index (χ3v) is 6.47. The van der Waals surface area contributed by atoms with Gasteiger partial charge in [0.25, 0.3) is 5.91 Å². The highest BCUT2D eigenvalue weighted by atomic mass is 35.5. The molecule has 1 amide bonds. The molecule has 0 unspecified atom stereocenters. The van der Waals surface area contributed by atoms with Crippen molar-refractivity contribution in [3.63, 3.8) is 0 Å². The van der Waals surface area contributed by atoms with Gasteiger partial charge in [0.05, 0.1) is 29.1 Å². The summed E-state index contributed by atoms with van der Waals surface area (Å²) >= 11 is 13.1. The van der Waals surface area contributed by atoms with E-state index in [0.29, 0.717) is 26.9 Å². The normalized spacial score (nSPS) is 14.6. The van der Waals surface area contributed by atoms with Gasteiger partial charge in [-0.3, -0.25) is 9.69 Å². The number of carbonyl (C=O) groups excluding carboxylic acids is 2. The summed E-state index contributed by atoms with van der Waals surface area (Å²) in [7, 11) is 1.45. The van der Waals surface area contributed by atoms with E-state index >= 15 is 0 Å². The Morgan fingerprint density at radius 2 is 1.76 bits per heavy atom. The zero-order chi connectivity index (χ0) is 23.4. The van der Waals surface area contributed by atoms with Crippen LogP contribution in [0.2, 0.25) is 5.02 Å². The molecule has 0 spiro atoms. The molecule has 166 valence electrons. The number of thiocarbonyl (C=S) groups is 1. The van der Waals surface area contributed by atoms with Crippen molar-refractivity contribution in [2.75, 3.05) is 7.11 Å². The predicted octanol–water partition coefficient (Wildman–Crippen LogP) is 5.97. The van der Waals surface area contributed by atoms with Gasteiger partial charge < -0.3 is 9.47 Å². The number of esters is 1. The molecule has 8 heteroatoms. The maximum Gasteiger partial charge on any atom is 0.343 e. The molecule has 0 bridgehead atoms. The molecule has 3 aromatic rings. The van der Waals surface area contributed by atoms with E-state index in [1.165, 1.54) is 18.9 Å². The molecule has 0 N–H and O–H groups in total. The third kappa shape index (κ3) is 5.27. The van der Waals surface area contributed by atoms with Crippen LogP contribution < -0.4 is 9.47 Å². The Morgan fingerprint density at radius 1 is 1.09 bits per heavy atom. The Balaban J connectivity index is 1.57. The summed E-state index contributed by atoms with van der Waals surface area (Å²) in [5.74, 6) is -0.339. The van der Waals surface area contributed by atoms with E-state index in [4.69, 9.17) is 33.3 Å². The molecule has 0 aliphatic carbocycles. The van der Waals surface area contributed by atoms with E-state index in [-0.39, 0.29) is 22.4 Å². The summed E-state index contributed by atoms with van der Waals surface area (Å²) in [6.45, 7) is 0.404. The van der Waals surface area contributed by atoms with Crippen LogP contribution in [0.3, 0.4) is 0 Å². The van der Waals surface area contributed by atoms with Crippen molar-refractivity contribution in [1.29, 1.82) is 0 Å². The molecular weight excluding hydrogens is 478 g/mol. The lowest BCUT2D eigenvalue weighted by Crippen LogP contribution is -2.27. The topological polar surface area (TPSA) is 55.8 Å². The summed E-state index contributed by atoms with van der Waals surface area (Å²) in [4.78, 5) is 27.4.